The Hall–Kier alpha value is -1.70. The number of ether oxygens (including phenoxy) is 1. The van der Waals surface area contributed by atoms with Crippen molar-refractivity contribution in [3.63, 3.8) is 0 Å². The van der Waals surface area contributed by atoms with Crippen LogP contribution in [-0.2, 0) is 4.74 Å². The topological polar surface area (TPSA) is 84.6 Å². The molecule has 1 amide bonds. The lowest BCUT2D eigenvalue weighted by Crippen LogP contribution is -2.46. The monoisotopic (exact) mass is 322 g/mol. The number of aromatic nitrogens is 1. The normalized spacial score (nSPS) is 17.4. The fourth-order valence-corrected chi connectivity index (χ4v) is 3.25. The first-order valence-electron chi connectivity index (χ1n) is 7.17. The second kappa shape index (κ2) is 6.20. The fourth-order valence-electron chi connectivity index (χ4n) is 2.37. The highest BCUT2D eigenvalue weighted by molar-refractivity contribution is 7.15. The largest absolute Gasteiger partial charge is 0.462 e. The van der Waals surface area contributed by atoms with Crippen LogP contribution in [0.1, 0.15) is 28.2 Å². The Morgan fingerprint density at radius 1 is 1.50 bits per heavy atom. The van der Waals surface area contributed by atoms with Gasteiger partial charge in [0.25, 0.3) is 5.91 Å². The maximum absolute atomic E-state index is 12.3. The summed E-state index contributed by atoms with van der Waals surface area (Å²) in [5, 5.41) is 13.8. The van der Waals surface area contributed by atoms with E-state index in [9.17, 15) is 9.90 Å². The first-order chi connectivity index (χ1) is 10.6. The first kappa shape index (κ1) is 15.2. The number of hydrogen-bond acceptors (Lipinski definition) is 6. The van der Waals surface area contributed by atoms with E-state index in [1.54, 1.807) is 12.3 Å². The maximum atomic E-state index is 12.3. The smallest absolute Gasteiger partial charge is 0.271 e. The molecule has 2 aromatic heterocycles. The van der Waals surface area contributed by atoms with Crippen LogP contribution in [0.4, 0.5) is 0 Å². The van der Waals surface area contributed by atoms with E-state index in [1.165, 1.54) is 11.3 Å². The van der Waals surface area contributed by atoms with Crippen LogP contribution in [0.15, 0.2) is 22.8 Å². The molecule has 0 saturated carbocycles. The van der Waals surface area contributed by atoms with Gasteiger partial charge in [-0.2, -0.15) is 0 Å². The number of furan rings is 1. The maximum Gasteiger partial charge on any atom is 0.271 e. The van der Waals surface area contributed by atoms with Gasteiger partial charge in [0, 0.05) is 37.5 Å². The quantitative estimate of drug-likeness (QED) is 0.899. The van der Waals surface area contributed by atoms with Gasteiger partial charge in [0.05, 0.1) is 11.9 Å². The number of hydrogen-bond donors (Lipinski definition) is 2. The number of aliphatic hydroxyl groups is 1. The van der Waals surface area contributed by atoms with Gasteiger partial charge in [-0.1, -0.05) is 0 Å². The lowest BCUT2D eigenvalue weighted by Gasteiger charge is -2.31. The van der Waals surface area contributed by atoms with Crippen molar-refractivity contribution in [2.75, 3.05) is 19.8 Å². The fraction of sp³-hybridized carbons (Fsp3) is 0.467. The highest BCUT2D eigenvalue weighted by Gasteiger charge is 2.30. The van der Waals surface area contributed by atoms with Crippen LogP contribution in [-0.4, -0.2) is 41.4 Å². The van der Waals surface area contributed by atoms with Crippen molar-refractivity contribution < 1.29 is 19.1 Å². The number of rotatable bonds is 4. The van der Waals surface area contributed by atoms with Gasteiger partial charge in [0.15, 0.2) is 10.8 Å². The van der Waals surface area contributed by atoms with Crippen molar-refractivity contribution in [3.05, 3.63) is 29.0 Å². The average Bonchev–Trinajstić information content (AvgIpc) is 3.15. The van der Waals surface area contributed by atoms with Crippen molar-refractivity contribution >= 4 is 17.2 Å². The van der Waals surface area contributed by atoms with Crippen molar-refractivity contribution in [2.45, 2.75) is 25.4 Å². The standard InChI is InChI=1S/C15H18N2O4S/c1-10-12(17-14(22-10)11-3-2-6-21-11)13(18)16-9-15(19)4-7-20-8-5-15/h2-3,6,19H,4-5,7-9H2,1H3,(H,16,18). The molecule has 1 aliphatic rings. The Kier molecular flexibility index (Phi) is 4.28. The highest BCUT2D eigenvalue weighted by Crippen LogP contribution is 2.28. The Morgan fingerprint density at radius 2 is 2.27 bits per heavy atom. The summed E-state index contributed by atoms with van der Waals surface area (Å²) in [6, 6.07) is 3.59. The molecule has 7 heteroatoms. The molecule has 3 rings (SSSR count). The number of carbonyl (C=O) groups is 1. The molecule has 3 heterocycles. The van der Waals surface area contributed by atoms with E-state index in [4.69, 9.17) is 9.15 Å². The molecule has 1 fully saturated rings. The van der Waals surface area contributed by atoms with E-state index in [1.807, 2.05) is 13.0 Å². The number of nitrogens with one attached hydrogen (secondary N) is 1. The summed E-state index contributed by atoms with van der Waals surface area (Å²) in [5.41, 5.74) is -0.506. The second-order valence-corrected chi connectivity index (χ2v) is 6.62. The van der Waals surface area contributed by atoms with E-state index >= 15 is 0 Å². The Morgan fingerprint density at radius 3 is 2.95 bits per heavy atom. The van der Waals surface area contributed by atoms with Crippen LogP contribution in [0, 0.1) is 6.92 Å². The molecule has 22 heavy (non-hydrogen) atoms. The van der Waals surface area contributed by atoms with Crippen molar-refractivity contribution in [1.82, 2.24) is 10.3 Å². The van der Waals surface area contributed by atoms with Gasteiger partial charge in [-0.05, 0) is 19.1 Å². The summed E-state index contributed by atoms with van der Waals surface area (Å²) >= 11 is 1.41. The zero-order valence-electron chi connectivity index (χ0n) is 12.3. The molecule has 0 atom stereocenters. The molecular weight excluding hydrogens is 304 g/mol. The molecule has 0 bridgehead atoms. The third kappa shape index (κ3) is 3.21. The Bertz CT molecular complexity index is 645. The van der Waals surface area contributed by atoms with Crippen LogP contribution in [0.25, 0.3) is 10.8 Å². The van der Waals surface area contributed by atoms with Gasteiger partial charge in [-0.25, -0.2) is 4.98 Å². The summed E-state index contributed by atoms with van der Waals surface area (Å²) in [4.78, 5) is 17.5. The number of carbonyl (C=O) groups excluding carboxylic acids is 1. The van der Waals surface area contributed by atoms with Gasteiger partial charge >= 0.3 is 0 Å². The minimum absolute atomic E-state index is 0.211. The number of amides is 1. The van der Waals surface area contributed by atoms with Crippen molar-refractivity contribution in [1.29, 1.82) is 0 Å². The lowest BCUT2D eigenvalue weighted by atomic mass is 9.94. The third-order valence-corrected chi connectivity index (χ3v) is 4.73. The third-order valence-electron chi connectivity index (χ3n) is 3.75. The molecule has 0 aromatic carbocycles. The van der Waals surface area contributed by atoms with Crippen LogP contribution in [0.5, 0.6) is 0 Å². The summed E-state index contributed by atoms with van der Waals surface area (Å²) in [6.07, 6.45) is 2.63. The van der Waals surface area contributed by atoms with E-state index in [2.05, 4.69) is 10.3 Å². The van der Waals surface area contributed by atoms with Crippen LogP contribution < -0.4 is 5.32 Å². The molecular formula is C15H18N2O4S. The number of aryl methyl sites for hydroxylation is 1. The molecule has 2 aromatic rings. The molecule has 0 radical (unpaired) electrons. The minimum Gasteiger partial charge on any atom is -0.462 e. The molecule has 2 N–H and O–H groups in total. The molecule has 1 aliphatic heterocycles. The van der Waals surface area contributed by atoms with Gasteiger partial charge < -0.3 is 19.6 Å². The average molecular weight is 322 g/mol. The lowest BCUT2D eigenvalue weighted by molar-refractivity contribution is -0.0605. The van der Waals surface area contributed by atoms with E-state index in [-0.39, 0.29) is 12.5 Å². The van der Waals surface area contributed by atoms with Crippen LogP contribution in [0.3, 0.4) is 0 Å². The predicted octanol–water partition coefficient (Wildman–Crippen LogP) is 1.98. The SMILES string of the molecule is Cc1sc(-c2ccco2)nc1C(=O)NCC1(O)CCOCC1. The Labute approximate surface area is 132 Å². The minimum atomic E-state index is -0.887. The number of thiazole rings is 1. The zero-order chi connectivity index (χ0) is 15.6. The second-order valence-electron chi connectivity index (χ2n) is 5.42. The molecule has 6 nitrogen and oxygen atoms in total. The van der Waals surface area contributed by atoms with Gasteiger partial charge in [-0.3, -0.25) is 4.79 Å². The molecule has 0 aliphatic carbocycles. The summed E-state index contributed by atoms with van der Waals surface area (Å²) in [6.45, 7) is 3.10. The van der Waals surface area contributed by atoms with E-state index < -0.39 is 5.60 Å². The predicted molar refractivity (Wildman–Crippen MR) is 81.9 cm³/mol. The summed E-state index contributed by atoms with van der Waals surface area (Å²) in [5.74, 6) is 0.377. The van der Waals surface area contributed by atoms with E-state index in [0.717, 1.165) is 4.88 Å². The molecule has 0 spiro atoms. The highest BCUT2D eigenvalue weighted by atomic mass is 32.1. The van der Waals surface area contributed by atoms with Gasteiger partial charge in [0.1, 0.15) is 5.69 Å². The summed E-state index contributed by atoms with van der Waals surface area (Å²) in [7, 11) is 0. The zero-order valence-corrected chi connectivity index (χ0v) is 13.1. The van der Waals surface area contributed by atoms with Crippen LogP contribution >= 0.6 is 11.3 Å². The summed E-state index contributed by atoms with van der Waals surface area (Å²) < 4.78 is 10.5. The van der Waals surface area contributed by atoms with Crippen LogP contribution in [0.2, 0.25) is 0 Å². The Balaban J connectivity index is 1.67. The van der Waals surface area contributed by atoms with Crippen molar-refractivity contribution in [3.8, 4) is 10.8 Å². The molecule has 0 unspecified atom stereocenters. The molecule has 118 valence electrons. The van der Waals surface area contributed by atoms with E-state index in [0.29, 0.717) is 42.5 Å². The number of nitrogens with zero attached hydrogens (tertiary/aromatic N) is 1. The van der Waals surface area contributed by atoms with Gasteiger partial charge in [0.2, 0.25) is 0 Å². The molecule has 1 saturated heterocycles. The van der Waals surface area contributed by atoms with Crippen molar-refractivity contribution in [2.24, 2.45) is 0 Å². The van der Waals surface area contributed by atoms with Gasteiger partial charge in [-0.15, -0.1) is 11.3 Å². The first-order valence-corrected chi connectivity index (χ1v) is 7.99.